The van der Waals surface area contributed by atoms with Crippen LogP contribution in [0.15, 0.2) is 218 Å². The third-order valence-electron chi connectivity index (χ3n) is 9.24. The van der Waals surface area contributed by atoms with Crippen molar-refractivity contribution >= 4 is 82.5 Å². The largest absolute Gasteiger partial charge is 0.310 e. The third kappa shape index (κ3) is 4.88. The first-order valence-electron chi connectivity index (χ1n) is 34.9. The van der Waals surface area contributed by atoms with Gasteiger partial charge in [0.2, 0.25) is 0 Å². The highest BCUT2D eigenvalue weighted by Gasteiger charge is 2.18. The van der Waals surface area contributed by atoms with Crippen molar-refractivity contribution in [2.75, 3.05) is 4.90 Å². The normalized spacial score (nSPS) is 20.5. The molecule has 0 N–H and O–H groups in total. The summed E-state index contributed by atoms with van der Waals surface area (Å²) in [7, 11) is 0. The summed E-state index contributed by atoms with van der Waals surface area (Å²) in [4.78, 5) is 0.234. The molecular weight excluding hydrogens is 705 g/mol. The van der Waals surface area contributed by atoms with Gasteiger partial charge in [-0.05, 0) is 109 Å². The van der Waals surface area contributed by atoms with E-state index in [2.05, 4.69) is 0 Å². The van der Waals surface area contributed by atoms with Crippen molar-refractivity contribution in [3.63, 3.8) is 0 Å². The minimum Gasteiger partial charge on any atom is -0.310 e. The summed E-state index contributed by atoms with van der Waals surface area (Å²) in [6.45, 7) is 0. The van der Waals surface area contributed by atoms with Crippen molar-refractivity contribution in [1.29, 1.82) is 0 Å². The molecule has 0 radical (unpaired) electrons. The van der Waals surface area contributed by atoms with Crippen LogP contribution in [-0.4, -0.2) is 13.7 Å². The topological polar surface area (TPSA) is 18.0 Å². The summed E-state index contributed by atoms with van der Waals surface area (Å²) in [6, 6.07) is -38.3. The molecule has 0 aliphatic heterocycles. The van der Waals surface area contributed by atoms with Crippen molar-refractivity contribution in [2.24, 2.45) is 0 Å². The van der Waals surface area contributed by atoms with Crippen LogP contribution >= 0.6 is 0 Å². The van der Waals surface area contributed by atoms with Gasteiger partial charge in [0.1, 0.15) is 0 Å². The van der Waals surface area contributed by atoms with Crippen LogP contribution in [0.2, 0.25) is 0 Å². The zero-order valence-electron chi connectivity index (χ0n) is 64.8. The Labute approximate surface area is 385 Å². The van der Waals surface area contributed by atoms with Gasteiger partial charge in [-0.15, -0.1) is 0 Å². The quantitative estimate of drug-likeness (QED) is 0.164. The molecular formula is C54H36N4. The van der Waals surface area contributed by atoms with Crippen molar-refractivity contribution in [1.82, 2.24) is 13.7 Å². The van der Waals surface area contributed by atoms with E-state index in [1.165, 1.54) is 0 Å². The molecule has 0 unspecified atom stereocenters. The van der Waals surface area contributed by atoms with E-state index in [4.69, 9.17) is 32.9 Å². The van der Waals surface area contributed by atoms with Crippen LogP contribution in [0, 0.1) is 0 Å². The Bertz CT molecular complexity index is 4780. The van der Waals surface area contributed by atoms with E-state index in [0.717, 1.165) is 0 Å². The monoisotopic (exact) mass is 777 g/mol. The Morgan fingerprint density at radius 3 is 0.638 bits per heavy atom. The van der Waals surface area contributed by atoms with Crippen LogP contribution in [0.5, 0.6) is 0 Å². The van der Waals surface area contributed by atoms with Gasteiger partial charge in [0.25, 0.3) is 0 Å². The number of para-hydroxylation sites is 6. The minimum absolute atomic E-state index is 0.234. The zero-order chi connectivity index (χ0) is 69.5. The van der Waals surface area contributed by atoms with Crippen molar-refractivity contribution in [2.45, 2.75) is 0 Å². The zero-order valence-corrected chi connectivity index (χ0v) is 28.8. The number of anilines is 3. The molecule has 0 fully saturated rings. The van der Waals surface area contributed by atoms with E-state index in [1.54, 1.807) is 0 Å². The van der Waals surface area contributed by atoms with Gasteiger partial charge in [-0.25, -0.2) is 0 Å². The minimum atomic E-state index is -1.39. The third-order valence-corrected chi connectivity index (χ3v) is 9.24. The Morgan fingerprint density at radius 1 is 0.241 bits per heavy atom. The summed E-state index contributed by atoms with van der Waals surface area (Å²) in [5.74, 6) is 0. The molecule has 4 nitrogen and oxygen atoms in total. The maximum Gasteiger partial charge on any atom is 0.0646 e. The summed E-state index contributed by atoms with van der Waals surface area (Å²) in [6.07, 6.45) is 0. The molecule has 0 atom stereocenters. The average Bonchev–Trinajstić information content (AvgIpc) is 1.50. The second-order valence-electron chi connectivity index (χ2n) is 12.3. The van der Waals surface area contributed by atoms with E-state index in [9.17, 15) is 16.4 Å². The van der Waals surface area contributed by atoms with E-state index < -0.39 is 317 Å². The first-order valence-corrected chi connectivity index (χ1v) is 16.9. The summed E-state index contributed by atoms with van der Waals surface area (Å²) in [5.41, 5.74) is -11.1. The van der Waals surface area contributed by atoms with Gasteiger partial charge in [0.05, 0.1) is 82.4 Å². The molecule has 0 aliphatic carbocycles. The molecule has 12 rings (SSSR count). The number of nitrogens with zero attached hydrogens (tertiary/aromatic N) is 4. The second kappa shape index (κ2) is 12.9. The van der Waals surface area contributed by atoms with Gasteiger partial charge >= 0.3 is 0 Å². The van der Waals surface area contributed by atoms with Crippen molar-refractivity contribution in [3.8, 4) is 17.1 Å². The maximum atomic E-state index is 9.88. The highest BCUT2D eigenvalue weighted by molar-refractivity contribution is 6.11. The van der Waals surface area contributed by atoms with E-state index in [0.29, 0.717) is 13.7 Å². The summed E-state index contributed by atoms with van der Waals surface area (Å²) in [5, 5.41) is -3.46. The van der Waals surface area contributed by atoms with Gasteiger partial charge in [0.15, 0.2) is 0 Å². The predicted molar refractivity (Wildman–Crippen MR) is 244 cm³/mol. The summed E-state index contributed by atoms with van der Waals surface area (Å²) >= 11 is 0. The lowest BCUT2D eigenvalue weighted by Gasteiger charge is -2.26. The molecule has 0 amide bonds. The first kappa shape index (κ1) is 12.9. The van der Waals surface area contributed by atoms with Crippen LogP contribution < -0.4 is 4.90 Å². The lowest BCUT2D eigenvalue weighted by Crippen LogP contribution is -2.10. The summed E-state index contributed by atoms with van der Waals surface area (Å²) < 4.78 is 331. The van der Waals surface area contributed by atoms with Crippen LogP contribution in [0.1, 0.15) is 49.3 Å². The van der Waals surface area contributed by atoms with Crippen molar-refractivity contribution in [3.05, 3.63) is 218 Å². The van der Waals surface area contributed by atoms with Crippen molar-refractivity contribution < 1.29 is 49.3 Å². The number of fused-ring (bicyclic) bond motifs is 9. The molecule has 0 aliphatic rings. The number of benzene rings is 9. The molecule has 3 aromatic heterocycles. The molecule has 3 heterocycles. The van der Waals surface area contributed by atoms with E-state index >= 15 is 0 Å². The van der Waals surface area contributed by atoms with Crippen LogP contribution in [0.25, 0.3) is 82.5 Å². The fourth-order valence-corrected chi connectivity index (χ4v) is 6.84. The number of aromatic nitrogens is 3. The van der Waals surface area contributed by atoms with Gasteiger partial charge in [-0.3, -0.25) is 0 Å². The molecule has 0 saturated heterocycles. The van der Waals surface area contributed by atoms with Gasteiger partial charge in [-0.2, -0.15) is 0 Å². The van der Waals surface area contributed by atoms with E-state index in [1.807, 2.05) is 0 Å². The molecule has 58 heavy (non-hydrogen) atoms. The van der Waals surface area contributed by atoms with Gasteiger partial charge in [-0.1, -0.05) is 109 Å². The second-order valence-corrected chi connectivity index (χ2v) is 12.3. The maximum absolute atomic E-state index is 9.88. The molecule has 0 bridgehead atoms. The Hall–Kier alpha value is -7.82. The fraction of sp³-hybridized carbons (Fsp3) is 0. The van der Waals surface area contributed by atoms with Crippen LogP contribution in [-0.2, 0) is 0 Å². The van der Waals surface area contributed by atoms with Crippen LogP contribution in [0.3, 0.4) is 0 Å². The number of hydrogen-bond acceptors (Lipinski definition) is 1. The van der Waals surface area contributed by atoms with Crippen LogP contribution in [0.4, 0.5) is 17.1 Å². The van der Waals surface area contributed by atoms with Gasteiger partial charge in [0, 0.05) is 66.4 Å². The lowest BCUT2D eigenvalue weighted by atomic mass is 10.1. The van der Waals surface area contributed by atoms with Gasteiger partial charge < -0.3 is 18.6 Å². The predicted octanol–water partition coefficient (Wildman–Crippen LogP) is 14.4. The highest BCUT2D eigenvalue weighted by Crippen LogP contribution is 2.40. The SMILES string of the molecule is [2H]c1c([2H])c(-n2c3c([2H])c([2H])c([2H])c([2H])c3c3c([2H])c([2H])c([2H])c([2H])c32)c([2H])c([2H])c1N(c1c([2H])c([2H])c(-n2c3c([2H])c([2H])c([2H])c([2H])c3c3c([2H])c([2H])c([2H])c([2H])c32)c([2H])c1[2H])c1c([2H])c([2H])c(-n2c3c([2H])c([2H])c([2H])c([2H])c3c3c([2H])c([2H])c([2H])c([2H])c32)c([2H])c1[2H]. The smallest absolute Gasteiger partial charge is 0.0646 e. The number of rotatable bonds is 6. The first-order chi connectivity index (χ1) is 43.8. The molecule has 272 valence electrons. The standard InChI is InChI=1S/C54H36N4/c1-7-19-49-43(13-1)44-14-2-8-20-50(44)56(49)40-31-25-37(26-32-40)55(38-27-33-41(34-28-38)57-51-21-9-3-15-45(51)46-16-4-10-22-52(46)57)39-29-35-42(36-30-39)58-53-23-11-5-17-47(53)48-18-6-12-24-54(48)58/h1-36H/i1D,2D,3D,4D,5D,6D,7D,8D,9D,10D,11D,12D,13D,14D,15D,16D,17D,18D,19D,20D,21D,22D,23D,24D,25D,26D,27D,28D,29D,30D,31D,32D,33D,34D,35D,36D. The molecule has 12 aromatic rings. The average molecular weight is 777 g/mol. The van der Waals surface area contributed by atoms with E-state index in [-0.39, 0.29) is 4.90 Å². The molecule has 0 saturated carbocycles. The Kier molecular flexibility index (Phi) is 2.85. The lowest BCUT2D eigenvalue weighted by molar-refractivity contribution is 1.16. The Morgan fingerprint density at radius 2 is 0.431 bits per heavy atom. The highest BCUT2D eigenvalue weighted by atomic mass is 15.1. The fourth-order valence-electron chi connectivity index (χ4n) is 6.84. The molecule has 9 aromatic carbocycles. The molecule has 0 spiro atoms. The Balaban J connectivity index is 1.27. The number of hydrogen-bond donors (Lipinski definition) is 0. The molecule has 4 heteroatoms.